The van der Waals surface area contributed by atoms with Crippen LogP contribution in [-0.4, -0.2) is 24.4 Å². The van der Waals surface area contributed by atoms with E-state index in [-0.39, 0.29) is 6.61 Å². The quantitative estimate of drug-likeness (QED) is 0.558. The molecule has 4 heteroatoms. The Bertz CT molecular complexity index is 725. The van der Waals surface area contributed by atoms with Gasteiger partial charge in [0.25, 0.3) is 0 Å². The van der Waals surface area contributed by atoms with Crippen molar-refractivity contribution >= 4 is 11.3 Å². The Hall–Kier alpha value is -1.80. The van der Waals surface area contributed by atoms with Crippen LogP contribution in [0.25, 0.3) is 0 Å². The molecule has 0 amide bonds. The minimum absolute atomic E-state index is 0.0122. The molecule has 1 aromatic heterocycles. The molecule has 0 saturated carbocycles. The average Bonchev–Trinajstić information content (AvgIpc) is 3.08. The van der Waals surface area contributed by atoms with Crippen LogP contribution in [0.1, 0.15) is 41.5 Å². The van der Waals surface area contributed by atoms with Crippen LogP contribution in [0.2, 0.25) is 0 Å². The van der Waals surface area contributed by atoms with E-state index >= 15 is 0 Å². The fraction of sp³-hybridized carbons (Fsp3) is 0.429. The van der Waals surface area contributed by atoms with Crippen LogP contribution in [0.5, 0.6) is 5.75 Å². The number of rotatable bonds is 8. The number of nitrogens with two attached hydrogens (primary N) is 1. The molecule has 0 bridgehead atoms. The SMILES string of the molecule is COc1cccc(CCCC#Cc2ccc(CCC(C)(N)CO)s2)c1. The second kappa shape index (κ2) is 9.62. The molecular weight excluding hydrogens is 330 g/mol. The molecular formula is C21H27NO2S. The topological polar surface area (TPSA) is 55.5 Å². The van der Waals surface area contributed by atoms with Gasteiger partial charge in [-0.2, -0.15) is 0 Å². The zero-order valence-electron chi connectivity index (χ0n) is 15.0. The second-order valence-corrected chi connectivity index (χ2v) is 7.75. The first-order valence-corrected chi connectivity index (χ1v) is 9.44. The minimum Gasteiger partial charge on any atom is -0.497 e. The largest absolute Gasteiger partial charge is 0.497 e. The van der Waals surface area contributed by atoms with Crippen LogP contribution in [0, 0.1) is 11.8 Å². The summed E-state index contributed by atoms with van der Waals surface area (Å²) in [5, 5.41) is 9.20. The third-order valence-electron chi connectivity index (χ3n) is 4.08. The number of methoxy groups -OCH3 is 1. The maximum absolute atomic E-state index is 9.20. The Morgan fingerprint density at radius 1 is 1.24 bits per heavy atom. The van der Waals surface area contributed by atoms with Crippen molar-refractivity contribution in [2.45, 2.75) is 44.6 Å². The van der Waals surface area contributed by atoms with E-state index < -0.39 is 5.54 Å². The molecule has 0 spiro atoms. The van der Waals surface area contributed by atoms with E-state index in [0.717, 1.165) is 42.7 Å². The van der Waals surface area contributed by atoms with Gasteiger partial charge >= 0.3 is 0 Å². The number of hydrogen-bond acceptors (Lipinski definition) is 4. The van der Waals surface area contributed by atoms with E-state index in [1.807, 2.05) is 19.1 Å². The molecule has 134 valence electrons. The molecule has 3 nitrogen and oxygen atoms in total. The van der Waals surface area contributed by atoms with Gasteiger partial charge in [-0.1, -0.05) is 24.0 Å². The lowest BCUT2D eigenvalue weighted by atomic mass is 9.98. The molecule has 0 saturated heterocycles. The predicted octanol–water partition coefficient (Wildman–Crippen LogP) is 3.77. The summed E-state index contributed by atoms with van der Waals surface area (Å²) in [6.07, 6.45) is 4.60. The van der Waals surface area contributed by atoms with Gasteiger partial charge in [0.1, 0.15) is 5.75 Å². The number of aliphatic hydroxyl groups excluding tert-OH is 1. The summed E-state index contributed by atoms with van der Waals surface area (Å²) >= 11 is 1.72. The van der Waals surface area contributed by atoms with Gasteiger partial charge in [-0.25, -0.2) is 0 Å². The van der Waals surface area contributed by atoms with E-state index in [4.69, 9.17) is 10.5 Å². The van der Waals surface area contributed by atoms with Crippen LogP contribution in [0.4, 0.5) is 0 Å². The number of hydrogen-bond donors (Lipinski definition) is 2. The van der Waals surface area contributed by atoms with E-state index in [2.05, 4.69) is 36.1 Å². The highest BCUT2D eigenvalue weighted by molar-refractivity contribution is 7.12. The number of aliphatic hydroxyl groups is 1. The molecule has 0 aliphatic rings. The van der Waals surface area contributed by atoms with E-state index in [0.29, 0.717) is 0 Å². The Balaban J connectivity index is 1.76. The van der Waals surface area contributed by atoms with Crippen molar-refractivity contribution in [2.75, 3.05) is 13.7 Å². The fourth-order valence-corrected chi connectivity index (χ4v) is 3.31. The number of thiophene rings is 1. The lowest BCUT2D eigenvalue weighted by molar-refractivity contribution is 0.201. The van der Waals surface area contributed by atoms with E-state index in [1.165, 1.54) is 10.4 Å². The van der Waals surface area contributed by atoms with Crippen LogP contribution in [-0.2, 0) is 12.8 Å². The third kappa shape index (κ3) is 6.91. The minimum atomic E-state index is -0.504. The lowest BCUT2D eigenvalue weighted by Crippen LogP contribution is -2.40. The van der Waals surface area contributed by atoms with Crippen molar-refractivity contribution in [3.63, 3.8) is 0 Å². The Labute approximate surface area is 154 Å². The van der Waals surface area contributed by atoms with Gasteiger partial charge in [-0.05, 0) is 62.4 Å². The first kappa shape index (κ1) is 19.5. The molecule has 1 atom stereocenters. The highest BCUT2D eigenvalue weighted by Crippen LogP contribution is 2.20. The summed E-state index contributed by atoms with van der Waals surface area (Å²) in [5.74, 6) is 7.42. The number of unbranched alkanes of at least 4 members (excludes halogenated alkanes) is 1. The van der Waals surface area contributed by atoms with Crippen molar-refractivity contribution in [1.82, 2.24) is 0 Å². The van der Waals surface area contributed by atoms with Crippen molar-refractivity contribution < 1.29 is 9.84 Å². The molecule has 0 aliphatic heterocycles. The Kier molecular flexibility index (Phi) is 7.52. The summed E-state index contributed by atoms with van der Waals surface area (Å²) in [5.41, 5.74) is 6.75. The van der Waals surface area contributed by atoms with Gasteiger partial charge in [0.15, 0.2) is 0 Å². The van der Waals surface area contributed by atoms with Gasteiger partial charge in [-0.3, -0.25) is 0 Å². The van der Waals surface area contributed by atoms with Crippen molar-refractivity contribution in [3.05, 3.63) is 51.7 Å². The Morgan fingerprint density at radius 3 is 2.84 bits per heavy atom. The van der Waals surface area contributed by atoms with E-state index in [1.54, 1.807) is 18.4 Å². The van der Waals surface area contributed by atoms with Crippen molar-refractivity contribution in [2.24, 2.45) is 5.73 Å². The summed E-state index contributed by atoms with van der Waals surface area (Å²) in [4.78, 5) is 2.37. The monoisotopic (exact) mass is 357 g/mol. The van der Waals surface area contributed by atoms with Gasteiger partial charge in [0.2, 0.25) is 0 Å². The first-order chi connectivity index (χ1) is 12.0. The number of benzene rings is 1. The van der Waals surface area contributed by atoms with Crippen LogP contribution >= 0.6 is 11.3 Å². The highest BCUT2D eigenvalue weighted by Gasteiger charge is 2.16. The first-order valence-electron chi connectivity index (χ1n) is 8.63. The fourth-order valence-electron chi connectivity index (χ4n) is 2.43. The molecule has 1 aromatic carbocycles. The molecule has 25 heavy (non-hydrogen) atoms. The molecule has 1 unspecified atom stereocenters. The maximum atomic E-state index is 9.20. The van der Waals surface area contributed by atoms with Gasteiger partial charge in [0.05, 0.1) is 18.6 Å². The summed E-state index contributed by atoms with van der Waals surface area (Å²) in [6, 6.07) is 12.4. The van der Waals surface area contributed by atoms with Gasteiger partial charge in [0, 0.05) is 16.8 Å². The summed E-state index contributed by atoms with van der Waals surface area (Å²) in [6.45, 7) is 1.89. The van der Waals surface area contributed by atoms with E-state index in [9.17, 15) is 5.11 Å². The Morgan fingerprint density at radius 2 is 2.08 bits per heavy atom. The molecule has 2 rings (SSSR count). The zero-order chi connectivity index (χ0) is 18.1. The van der Waals surface area contributed by atoms with Gasteiger partial charge in [-0.15, -0.1) is 11.3 Å². The molecule has 0 fully saturated rings. The lowest BCUT2D eigenvalue weighted by Gasteiger charge is -2.20. The molecule has 0 radical (unpaired) electrons. The normalized spacial score (nSPS) is 13.0. The smallest absolute Gasteiger partial charge is 0.119 e. The second-order valence-electron chi connectivity index (χ2n) is 6.58. The van der Waals surface area contributed by atoms with Crippen LogP contribution in [0.3, 0.4) is 0 Å². The average molecular weight is 358 g/mol. The summed E-state index contributed by atoms with van der Waals surface area (Å²) in [7, 11) is 1.69. The highest BCUT2D eigenvalue weighted by atomic mass is 32.1. The summed E-state index contributed by atoms with van der Waals surface area (Å²) < 4.78 is 5.24. The zero-order valence-corrected chi connectivity index (χ0v) is 15.9. The molecule has 0 aliphatic carbocycles. The molecule has 1 heterocycles. The van der Waals surface area contributed by atoms with Crippen LogP contribution in [0.15, 0.2) is 36.4 Å². The maximum Gasteiger partial charge on any atom is 0.119 e. The third-order valence-corrected chi connectivity index (χ3v) is 5.14. The van der Waals surface area contributed by atoms with Crippen molar-refractivity contribution in [1.29, 1.82) is 0 Å². The molecule has 2 aromatic rings. The van der Waals surface area contributed by atoms with Crippen molar-refractivity contribution in [3.8, 4) is 17.6 Å². The number of ether oxygens (including phenoxy) is 1. The van der Waals surface area contributed by atoms with Gasteiger partial charge < -0.3 is 15.6 Å². The standard InChI is InChI=1S/C21H27NO2S/c1-21(22,16-23)14-13-20-12-11-19(25-20)10-5-3-4-7-17-8-6-9-18(15-17)24-2/h6,8-9,11-12,15,23H,3-4,7,13-14,16,22H2,1-2H3. The number of aryl methyl sites for hydroxylation is 2. The van der Waals surface area contributed by atoms with Crippen LogP contribution < -0.4 is 10.5 Å². The predicted molar refractivity (Wildman–Crippen MR) is 105 cm³/mol. The molecule has 3 N–H and O–H groups in total.